The molecule has 0 saturated carbocycles. The van der Waals surface area contributed by atoms with Gasteiger partial charge in [-0.05, 0) is 35.2 Å². The van der Waals surface area contributed by atoms with Crippen molar-refractivity contribution in [2.24, 2.45) is 0 Å². The number of methoxy groups -OCH3 is 1. The number of rotatable bonds is 4. The topological polar surface area (TPSA) is 89.8 Å². The molecule has 3 aromatic rings. The molecule has 0 radical (unpaired) electrons. The van der Waals surface area contributed by atoms with Crippen LogP contribution in [0.3, 0.4) is 0 Å². The highest BCUT2D eigenvalue weighted by Crippen LogP contribution is 2.37. The first-order valence-corrected chi connectivity index (χ1v) is 9.66. The first-order chi connectivity index (χ1) is 14.5. The summed E-state index contributed by atoms with van der Waals surface area (Å²) >= 11 is 0. The number of carbonyl (C=O) groups is 2. The van der Waals surface area contributed by atoms with Crippen LogP contribution in [0, 0.1) is 10.1 Å². The second-order valence-corrected chi connectivity index (χ2v) is 7.24. The number of hydrogen-bond acceptors (Lipinski definition) is 5. The van der Waals surface area contributed by atoms with Gasteiger partial charge < -0.3 is 9.64 Å². The Morgan fingerprint density at radius 1 is 1.07 bits per heavy atom. The summed E-state index contributed by atoms with van der Waals surface area (Å²) in [6.45, 7) is 0.545. The van der Waals surface area contributed by atoms with Crippen molar-refractivity contribution in [3.05, 3.63) is 87.5 Å². The maximum atomic E-state index is 13.4. The summed E-state index contributed by atoms with van der Waals surface area (Å²) in [6, 6.07) is 17.6. The van der Waals surface area contributed by atoms with E-state index >= 15 is 0 Å². The Morgan fingerprint density at radius 3 is 2.57 bits per heavy atom. The quantitative estimate of drug-likeness (QED) is 0.362. The molecule has 3 aromatic carbocycles. The van der Waals surface area contributed by atoms with Crippen molar-refractivity contribution in [3.63, 3.8) is 0 Å². The van der Waals surface area contributed by atoms with Crippen LogP contribution in [-0.2, 0) is 4.74 Å². The Hall–Kier alpha value is -3.74. The maximum Gasteiger partial charge on any atom is 0.338 e. The number of hydrogen-bond donors (Lipinski definition) is 0. The van der Waals surface area contributed by atoms with Crippen LogP contribution in [0.5, 0.6) is 0 Å². The zero-order valence-corrected chi connectivity index (χ0v) is 16.4. The minimum atomic E-state index is -0.722. The standard InChI is InChI=1S/C23H20N2O5/c1-30-23(27)17-12-16(13-18(14-17)25(28)29)22(26)24-11-5-10-21(24)20-9-4-7-15-6-2-3-8-19(15)20/h2-4,6-9,12-14,21H,5,10-11H2,1H3. The van der Waals surface area contributed by atoms with Gasteiger partial charge in [0.25, 0.3) is 11.6 Å². The molecule has 0 bridgehead atoms. The van der Waals surface area contributed by atoms with Crippen molar-refractivity contribution >= 4 is 28.3 Å². The van der Waals surface area contributed by atoms with Gasteiger partial charge in [0.1, 0.15) is 0 Å². The molecular formula is C23H20N2O5. The summed E-state index contributed by atoms with van der Waals surface area (Å²) in [5.74, 6) is -1.06. The van der Waals surface area contributed by atoms with Crippen LogP contribution in [0.1, 0.15) is 45.2 Å². The van der Waals surface area contributed by atoms with E-state index in [-0.39, 0.29) is 28.8 Å². The highest BCUT2D eigenvalue weighted by molar-refractivity contribution is 5.99. The summed E-state index contributed by atoms with van der Waals surface area (Å²) in [7, 11) is 1.19. The molecule has 7 nitrogen and oxygen atoms in total. The SMILES string of the molecule is COC(=O)c1cc(C(=O)N2CCCC2c2cccc3ccccc23)cc([N+](=O)[O-])c1. The minimum Gasteiger partial charge on any atom is -0.465 e. The number of likely N-dealkylation sites (tertiary alicyclic amines) is 1. The molecule has 152 valence electrons. The third-order valence-electron chi connectivity index (χ3n) is 5.49. The van der Waals surface area contributed by atoms with Gasteiger partial charge >= 0.3 is 5.97 Å². The molecule has 1 aliphatic heterocycles. The number of ether oxygens (including phenoxy) is 1. The summed E-state index contributed by atoms with van der Waals surface area (Å²) in [5, 5.41) is 13.5. The predicted octanol–water partition coefficient (Wildman–Crippen LogP) is 4.51. The second-order valence-electron chi connectivity index (χ2n) is 7.24. The van der Waals surface area contributed by atoms with Crippen molar-refractivity contribution in [1.29, 1.82) is 0 Å². The minimum absolute atomic E-state index is 0.0176. The van der Waals surface area contributed by atoms with Crippen LogP contribution in [0.15, 0.2) is 60.7 Å². The number of non-ortho nitro benzene ring substituents is 1. The van der Waals surface area contributed by atoms with Crippen molar-refractivity contribution in [2.45, 2.75) is 18.9 Å². The van der Waals surface area contributed by atoms with Crippen molar-refractivity contribution in [3.8, 4) is 0 Å². The van der Waals surface area contributed by atoms with Gasteiger partial charge in [-0.2, -0.15) is 0 Å². The number of esters is 1. The van der Waals surface area contributed by atoms with Gasteiger partial charge in [0, 0.05) is 24.2 Å². The fraction of sp³-hybridized carbons (Fsp3) is 0.217. The Morgan fingerprint density at radius 2 is 1.80 bits per heavy atom. The summed E-state index contributed by atoms with van der Waals surface area (Å²) in [4.78, 5) is 37.7. The van der Waals surface area contributed by atoms with Gasteiger partial charge in [0.2, 0.25) is 0 Å². The van der Waals surface area contributed by atoms with E-state index in [4.69, 9.17) is 0 Å². The average Bonchev–Trinajstić information content (AvgIpc) is 3.26. The van der Waals surface area contributed by atoms with Crippen LogP contribution in [-0.4, -0.2) is 35.4 Å². The van der Waals surface area contributed by atoms with E-state index in [2.05, 4.69) is 4.74 Å². The number of nitro groups is 1. The number of benzene rings is 3. The average molecular weight is 404 g/mol. The summed E-state index contributed by atoms with van der Waals surface area (Å²) in [6.07, 6.45) is 1.64. The van der Waals surface area contributed by atoms with E-state index in [0.29, 0.717) is 6.54 Å². The Labute approximate surface area is 173 Å². The molecule has 30 heavy (non-hydrogen) atoms. The van der Waals surface area contributed by atoms with Crippen molar-refractivity contribution in [2.75, 3.05) is 13.7 Å². The normalized spacial score (nSPS) is 15.9. The Balaban J connectivity index is 1.75. The molecule has 1 fully saturated rings. The molecule has 7 heteroatoms. The van der Waals surface area contributed by atoms with Crippen LogP contribution in [0.2, 0.25) is 0 Å². The van der Waals surface area contributed by atoms with E-state index < -0.39 is 10.9 Å². The fourth-order valence-electron chi connectivity index (χ4n) is 4.12. The number of amides is 1. The van der Waals surface area contributed by atoms with Gasteiger partial charge in [-0.3, -0.25) is 14.9 Å². The van der Waals surface area contributed by atoms with E-state index in [1.165, 1.54) is 19.2 Å². The Bertz CT molecular complexity index is 1150. The van der Waals surface area contributed by atoms with E-state index in [1.807, 2.05) is 42.5 Å². The van der Waals surface area contributed by atoms with Crippen LogP contribution in [0.25, 0.3) is 10.8 Å². The zero-order chi connectivity index (χ0) is 21.3. The van der Waals surface area contributed by atoms with E-state index in [0.717, 1.165) is 35.2 Å². The summed E-state index contributed by atoms with van der Waals surface area (Å²) < 4.78 is 4.68. The second kappa shape index (κ2) is 7.94. The maximum absolute atomic E-state index is 13.4. The predicted molar refractivity (Wildman–Crippen MR) is 111 cm³/mol. The number of carbonyl (C=O) groups excluding carboxylic acids is 2. The molecule has 1 unspecified atom stereocenters. The fourth-order valence-corrected chi connectivity index (χ4v) is 4.12. The zero-order valence-electron chi connectivity index (χ0n) is 16.4. The highest BCUT2D eigenvalue weighted by atomic mass is 16.6. The monoisotopic (exact) mass is 404 g/mol. The van der Waals surface area contributed by atoms with E-state index in [1.54, 1.807) is 4.90 Å². The Kier molecular flexibility index (Phi) is 5.18. The molecule has 0 aliphatic carbocycles. The largest absolute Gasteiger partial charge is 0.465 e. The first kappa shape index (κ1) is 19.6. The molecule has 1 atom stereocenters. The summed E-state index contributed by atoms with van der Waals surface area (Å²) in [5.41, 5.74) is 0.826. The highest BCUT2D eigenvalue weighted by Gasteiger charge is 2.32. The van der Waals surface area contributed by atoms with Gasteiger partial charge in [0.15, 0.2) is 0 Å². The van der Waals surface area contributed by atoms with Crippen LogP contribution in [0.4, 0.5) is 5.69 Å². The lowest BCUT2D eigenvalue weighted by Crippen LogP contribution is -2.31. The van der Waals surface area contributed by atoms with Gasteiger partial charge in [-0.1, -0.05) is 42.5 Å². The van der Waals surface area contributed by atoms with E-state index in [9.17, 15) is 19.7 Å². The molecule has 1 saturated heterocycles. The molecular weight excluding hydrogens is 384 g/mol. The van der Waals surface area contributed by atoms with Crippen molar-refractivity contribution < 1.29 is 19.2 Å². The molecule has 0 N–H and O–H groups in total. The third kappa shape index (κ3) is 3.50. The smallest absolute Gasteiger partial charge is 0.338 e. The van der Waals surface area contributed by atoms with Gasteiger partial charge in [-0.25, -0.2) is 4.79 Å². The van der Waals surface area contributed by atoms with Gasteiger partial charge in [-0.15, -0.1) is 0 Å². The molecule has 1 heterocycles. The molecule has 1 amide bonds. The van der Waals surface area contributed by atoms with Crippen LogP contribution >= 0.6 is 0 Å². The van der Waals surface area contributed by atoms with Crippen molar-refractivity contribution in [1.82, 2.24) is 4.90 Å². The lowest BCUT2D eigenvalue weighted by molar-refractivity contribution is -0.384. The van der Waals surface area contributed by atoms with Crippen LogP contribution < -0.4 is 0 Å². The molecule has 0 spiro atoms. The van der Waals surface area contributed by atoms with Gasteiger partial charge in [0.05, 0.1) is 23.6 Å². The number of fused-ring (bicyclic) bond motifs is 1. The lowest BCUT2D eigenvalue weighted by atomic mass is 9.96. The molecule has 0 aromatic heterocycles. The molecule has 4 rings (SSSR count). The number of nitro benzene ring substituents is 1. The lowest BCUT2D eigenvalue weighted by Gasteiger charge is -2.26. The molecule has 1 aliphatic rings. The number of nitrogens with zero attached hydrogens (tertiary/aromatic N) is 2. The third-order valence-corrected chi connectivity index (χ3v) is 5.49. The first-order valence-electron chi connectivity index (χ1n) is 9.66.